The summed E-state index contributed by atoms with van der Waals surface area (Å²) in [6.45, 7) is 11.3. The third-order valence-electron chi connectivity index (χ3n) is 4.16. The van der Waals surface area contributed by atoms with Gasteiger partial charge in [0.2, 0.25) is 5.91 Å². The molecule has 1 N–H and O–H groups in total. The largest absolute Gasteiger partial charge is 0.493 e. The average Bonchev–Trinajstić information content (AvgIpc) is 2.44. The van der Waals surface area contributed by atoms with Crippen LogP contribution in [0.5, 0.6) is 5.75 Å². The van der Waals surface area contributed by atoms with Gasteiger partial charge in [-0.05, 0) is 50.5 Å². The molecule has 1 amide bonds. The highest BCUT2D eigenvalue weighted by Crippen LogP contribution is 2.23. The van der Waals surface area contributed by atoms with Crippen LogP contribution < -0.4 is 10.1 Å². The van der Waals surface area contributed by atoms with Gasteiger partial charge in [0.15, 0.2) is 0 Å². The second-order valence-corrected chi connectivity index (χ2v) is 5.94. The van der Waals surface area contributed by atoms with Gasteiger partial charge >= 0.3 is 0 Å². The lowest BCUT2D eigenvalue weighted by Crippen LogP contribution is -2.52. The van der Waals surface area contributed by atoms with Crippen LogP contribution in [0.15, 0.2) is 12.1 Å². The van der Waals surface area contributed by atoms with Crippen LogP contribution in [0.25, 0.3) is 0 Å². The van der Waals surface area contributed by atoms with E-state index in [4.69, 9.17) is 4.74 Å². The molecule has 1 aliphatic heterocycles. The number of carbonyl (C=O) groups is 1. The van der Waals surface area contributed by atoms with Crippen LogP contribution >= 0.6 is 12.4 Å². The van der Waals surface area contributed by atoms with Crippen molar-refractivity contribution >= 4 is 18.3 Å². The van der Waals surface area contributed by atoms with Crippen molar-refractivity contribution in [2.75, 3.05) is 26.2 Å². The lowest BCUT2D eigenvalue weighted by Gasteiger charge is -2.34. The van der Waals surface area contributed by atoms with Gasteiger partial charge in [-0.25, -0.2) is 0 Å². The normalized spacial score (nSPS) is 17.8. The summed E-state index contributed by atoms with van der Waals surface area (Å²) in [5, 5.41) is 3.30. The predicted molar refractivity (Wildman–Crippen MR) is 92.1 cm³/mol. The van der Waals surface area contributed by atoms with Crippen LogP contribution in [0.1, 0.15) is 30.0 Å². The van der Waals surface area contributed by atoms with Gasteiger partial charge < -0.3 is 15.0 Å². The summed E-state index contributed by atoms with van der Waals surface area (Å²) in [6, 6.07) is 4.46. The highest BCUT2D eigenvalue weighted by atomic mass is 35.5. The molecule has 1 aliphatic rings. The Morgan fingerprint density at radius 2 is 2.09 bits per heavy atom. The molecule has 4 nitrogen and oxygen atoms in total. The van der Waals surface area contributed by atoms with Gasteiger partial charge in [-0.1, -0.05) is 6.07 Å². The van der Waals surface area contributed by atoms with E-state index in [1.165, 1.54) is 11.1 Å². The SMILES string of the molecule is Cc1cc(C)c(C)c(OCCC(=O)N2CCNC[C@@H]2C)c1.Cl. The maximum Gasteiger partial charge on any atom is 0.226 e. The van der Waals surface area contributed by atoms with Crippen molar-refractivity contribution in [2.45, 2.75) is 40.2 Å². The molecule has 1 saturated heterocycles. The number of hydrogen-bond acceptors (Lipinski definition) is 3. The van der Waals surface area contributed by atoms with Crippen molar-refractivity contribution in [1.29, 1.82) is 0 Å². The Morgan fingerprint density at radius 1 is 1.36 bits per heavy atom. The summed E-state index contributed by atoms with van der Waals surface area (Å²) in [7, 11) is 0. The fourth-order valence-electron chi connectivity index (χ4n) is 2.75. The van der Waals surface area contributed by atoms with Gasteiger partial charge in [0.1, 0.15) is 5.75 Å². The monoisotopic (exact) mass is 326 g/mol. The molecule has 0 bridgehead atoms. The molecule has 1 atom stereocenters. The van der Waals surface area contributed by atoms with Crippen molar-refractivity contribution in [3.05, 3.63) is 28.8 Å². The van der Waals surface area contributed by atoms with Crippen LogP contribution in [0.2, 0.25) is 0 Å². The van der Waals surface area contributed by atoms with Crippen LogP contribution in [-0.2, 0) is 4.79 Å². The van der Waals surface area contributed by atoms with Gasteiger partial charge in [0, 0.05) is 25.7 Å². The van der Waals surface area contributed by atoms with Gasteiger partial charge in [-0.3, -0.25) is 4.79 Å². The van der Waals surface area contributed by atoms with Gasteiger partial charge in [-0.15, -0.1) is 12.4 Å². The molecule has 22 heavy (non-hydrogen) atoms. The molecular weight excluding hydrogens is 300 g/mol. The lowest BCUT2D eigenvalue weighted by molar-refractivity contribution is -0.134. The molecule has 1 heterocycles. The smallest absolute Gasteiger partial charge is 0.226 e. The molecule has 1 aromatic carbocycles. The highest BCUT2D eigenvalue weighted by molar-refractivity contribution is 5.85. The van der Waals surface area contributed by atoms with E-state index in [0.29, 0.717) is 13.0 Å². The molecule has 0 radical (unpaired) electrons. The highest BCUT2D eigenvalue weighted by Gasteiger charge is 2.22. The van der Waals surface area contributed by atoms with E-state index in [1.54, 1.807) is 0 Å². The first-order valence-electron chi connectivity index (χ1n) is 7.70. The summed E-state index contributed by atoms with van der Waals surface area (Å²) in [6.07, 6.45) is 0.441. The molecule has 5 heteroatoms. The molecule has 124 valence electrons. The second kappa shape index (κ2) is 8.39. The van der Waals surface area contributed by atoms with Gasteiger partial charge in [0.05, 0.1) is 13.0 Å². The maximum atomic E-state index is 12.2. The quantitative estimate of drug-likeness (QED) is 0.924. The van der Waals surface area contributed by atoms with Crippen LogP contribution in [0, 0.1) is 20.8 Å². The summed E-state index contributed by atoms with van der Waals surface area (Å²) in [5.74, 6) is 1.08. The Balaban J connectivity index is 0.00000242. The first kappa shape index (κ1) is 18.8. The number of carbonyl (C=O) groups excluding carboxylic acids is 1. The van der Waals surface area contributed by atoms with E-state index in [2.05, 4.69) is 39.1 Å². The third kappa shape index (κ3) is 4.62. The molecule has 2 rings (SSSR count). The van der Waals surface area contributed by atoms with Crippen molar-refractivity contribution in [2.24, 2.45) is 0 Å². The molecule has 1 aromatic rings. The number of amides is 1. The fraction of sp³-hybridized carbons (Fsp3) is 0.588. The molecule has 0 aromatic heterocycles. The Bertz CT molecular complexity index is 520. The van der Waals surface area contributed by atoms with E-state index >= 15 is 0 Å². The minimum absolute atomic E-state index is 0. The van der Waals surface area contributed by atoms with Gasteiger partial charge in [-0.2, -0.15) is 0 Å². The van der Waals surface area contributed by atoms with Crippen molar-refractivity contribution in [1.82, 2.24) is 10.2 Å². The average molecular weight is 327 g/mol. The van der Waals surface area contributed by atoms with Crippen molar-refractivity contribution in [3.63, 3.8) is 0 Å². The summed E-state index contributed by atoms with van der Waals surface area (Å²) in [5.41, 5.74) is 3.57. The Kier molecular flexibility index (Phi) is 7.17. The zero-order valence-corrected chi connectivity index (χ0v) is 14.8. The van der Waals surface area contributed by atoms with E-state index in [1.807, 2.05) is 11.0 Å². The van der Waals surface area contributed by atoms with Crippen molar-refractivity contribution < 1.29 is 9.53 Å². The first-order chi connectivity index (χ1) is 9.99. The minimum Gasteiger partial charge on any atom is -0.493 e. The molecule has 0 unspecified atom stereocenters. The van der Waals surface area contributed by atoms with E-state index < -0.39 is 0 Å². The van der Waals surface area contributed by atoms with E-state index in [0.717, 1.165) is 30.9 Å². The standard InChI is InChI=1S/C17H26N2O2.ClH/c1-12-9-13(2)15(4)16(10-12)21-8-5-17(20)19-7-6-18-11-14(19)3;/h9-10,14,18H,5-8,11H2,1-4H3;1H/t14-;/m0./s1. The lowest BCUT2D eigenvalue weighted by atomic mass is 10.1. The number of hydrogen-bond donors (Lipinski definition) is 1. The number of halogens is 1. The summed E-state index contributed by atoms with van der Waals surface area (Å²) < 4.78 is 5.83. The molecule has 0 aliphatic carbocycles. The summed E-state index contributed by atoms with van der Waals surface area (Å²) in [4.78, 5) is 14.2. The number of aryl methyl sites for hydroxylation is 2. The maximum absolute atomic E-state index is 12.2. The zero-order chi connectivity index (χ0) is 15.4. The third-order valence-corrected chi connectivity index (χ3v) is 4.16. The second-order valence-electron chi connectivity index (χ2n) is 5.94. The van der Waals surface area contributed by atoms with E-state index in [9.17, 15) is 4.79 Å². The molecular formula is C17H27ClN2O2. The Hall–Kier alpha value is -1.26. The predicted octanol–water partition coefficient (Wildman–Crippen LogP) is 2.62. The Labute approximate surface area is 139 Å². The first-order valence-corrected chi connectivity index (χ1v) is 7.70. The molecule has 0 spiro atoms. The molecule has 1 fully saturated rings. The topological polar surface area (TPSA) is 41.6 Å². The minimum atomic E-state index is 0. The number of nitrogens with one attached hydrogen (secondary N) is 1. The van der Waals surface area contributed by atoms with Crippen LogP contribution in [-0.4, -0.2) is 43.1 Å². The number of nitrogens with zero attached hydrogens (tertiary/aromatic N) is 1. The van der Waals surface area contributed by atoms with Gasteiger partial charge in [0.25, 0.3) is 0 Å². The number of rotatable bonds is 4. The fourth-order valence-corrected chi connectivity index (χ4v) is 2.75. The zero-order valence-electron chi connectivity index (χ0n) is 13.9. The summed E-state index contributed by atoms with van der Waals surface area (Å²) >= 11 is 0. The molecule has 0 saturated carbocycles. The number of piperazine rings is 1. The van der Waals surface area contributed by atoms with Crippen LogP contribution in [0.3, 0.4) is 0 Å². The van der Waals surface area contributed by atoms with Crippen molar-refractivity contribution in [3.8, 4) is 5.75 Å². The van der Waals surface area contributed by atoms with Crippen LogP contribution in [0.4, 0.5) is 0 Å². The Morgan fingerprint density at radius 3 is 2.77 bits per heavy atom. The number of ether oxygens (including phenoxy) is 1. The number of benzene rings is 1. The van der Waals surface area contributed by atoms with E-state index in [-0.39, 0.29) is 24.4 Å².